The molecule has 2 heterocycles. The lowest BCUT2D eigenvalue weighted by molar-refractivity contribution is 0.0996. The molecule has 0 aliphatic rings. The zero-order chi connectivity index (χ0) is 21.6. The van der Waals surface area contributed by atoms with E-state index in [0.717, 1.165) is 16.8 Å². The van der Waals surface area contributed by atoms with Gasteiger partial charge in [-0.2, -0.15) is 4.98 Å². The molecule has 8 heteroatoms. The molecule has 158 valence electrons. The number of anilines is 1. The number of carbonyl (C=O) groups is 1. The molecule has 1 N–H and O–H groups in total. The van der Waals surface area contributed by atoms with E-state index in [0.29, 0.717) is 24.7 Å². The molecule has 0 atom stereocenters. The monoisotopic (exact) mass is 418 g/mol. The van der Waals surface area contributed by atoms with E-state index in [1.54, 1.807) is 36.1 Å². The molecule has 0 saturated heterocycles. The highest BCUT2D eigenvalue weighted by Gasteiger charge is 2.16. The summed E-state index contributed by atoms with van der Waals surface area (Å²) in [5.41, 5.74) is 3.44. The van der Waals surface area contributed by atoms with Gasteiger partial charge >= 0.3 is 6.01 Å². The van der Waals surface area contributed by atoms with Crippen LogP contribution in [0, 0.1) is 6.92 Å². The molecule has 2 aromatic heterocycles. The van der Waals surface area contributed by atoms with Crippen molar-refractivity contribution in [3.63, 3.8) is 0 Å². The maximum absolute atomic E-state index is 12.2. The highest BCUT2D eigenvalue weighted by atomic mass is 16.5. The summed E-state index contributed by atoms with van der Waals surface area (Å²) in [5, 5.41) is 7.33. The van der Waals surface area contributed by atoms with Crippen LogP contribution >= 0.6 is 0 Å². The number of benzene rings is 2. The average Bonchev–Trinajstić information content (AvgIpc) is 3.45. The number of aromatic nitrogens is 3. The van der Waals surface area contributed by atoms with Crippen LogP contribution in [-0.4, -0.2) is 41.0 Å². The third-order valence-corrected chi connectivity index (χ3v) is 4.61. The quantitative estimate of drug-likeness (QED) is 0.433. The SMILES string of the molecule is COCCOc1nc(-c2ccccc2C)n(-c2ccc(NC(=O)c3ccco3)cc2)n1. The zero-order valence-electron chi connectivity index (χ0n) is 17.2. The van der Waals surface area contributed by atoms with Crippen molar-refractivity contribution in [3.05, 3.63) is 78.3 Å². The highest BCUT2D eigenvalue weighted by Crippen LogP contribution is 2.27. The fraction of sp³-hybridized carbons (Fsp3) is 0.174. The van der Waals surface area contributed by atoms with Crippen LogP contribution in [0.4, 0.5) is 5.69 Å². The fourth-order valence-corrected chi connectivity index (χ4v) is 3.04. The second-order valence-corrected chi connectivity index (χ2v) is 6.76. The van der Waals surface area contributed by atoms with Gasteiger partial charge in [0.2, 0.25) is 0 Å². The zero-order valence-corrected chi connectivity index (χ0v) is 17.2. The van der Waals surface area contributed by atoms with Crippen LogP contribution in [0.1, 0.15) is 16.1 Å². The third-order valence-electron chi connectivity index (χ3n) is 4.61. The van der Waals surface area contributed by atoms with Crippen LogP contribution in [0.25, 0.3) is 17.1 Å². The molecule has 0 aliphatic heterocycles. The van der Waals surface area contributed by atoms with Crippen molar-refractivity contribution < 1.29 is 18.7 Å². The molecular weight excluding hydrogens is 396 g/mol. The lowest BCUT2D eigenvalue weighted by atomic mass is 10.1. The first kappa shape index (κ1) is 20.4. The summed E-state index contributed by atoms with van der Waals surface area (Å²) in [6, 6.07) is 18.8. The Kier molecular flexibility index (Phi) is 6.09. The van der Waals surface area contributed by atoms with Crippen molar-refractivity contribution in [3.8, 4) is 23.1 Å². The van der Waals surface area contributed by atoms with Gasteiger partial charge in [0.15, 0.2) is 11.6 Å². The topological polar surface area (TPSA) is 91.4 Å². The number of nitrogens with one attached hydrogen (secondary N) is 1. The van der Waals surface area contributed by atoms with Gasteiger partial charge in [0.05, 0.1) is 18.6 Å². The standard InChI is InChI=1S/C23H22N4O4/c1-16-6-3-4-7-19(16)21-25-23(31-15-14-29-2)26-27(21)18-11-9-17(10-12-18)24-22(28)20-8-5-13-30-20/h3-13H,14-15H2,1-2H3,(H,24,28). The molecule has 0 fully saturated rings. The van der Waals surface area contributed by atoms with Gasteiger partial charge in [0, 0.05) is 18.4 Å². The number of hydrogen-bond donors (Lipinski definition) is 1. The number of hydrogen-bond acceptors (Lipinski definition) is 6. The first-order chi connectivity index (χ1) is 15.2. The fourth-order valence-electron chi connectivity index (χ4n) is 3.04. The van der Waals surface area contributed by atoms with E-state index in [4.69, 9.17) is 13.9 Å². The van der Waals surface area contributed by atoms with E-state index >= 15 is 0 Å². The van der Waals surface area contributed by atoms with Crippen LogP contribution < -0.4 is 10.1 Å². The highest BCUT2D eigenvalue weighted by molar-refractivity contribution is 6.02. The minimum absolute atomic E-state index is 0.250. The number of carbonyl (C=O) groups excluding carboxylic acids is 1. The Morgan fingerprint density at radius 1 is 1.06 bits per heavy atom. The number of amides is 1. The number of nitrogens with zero attached hydrogens (tertiary/aromatic N) is 3. The molecule has 8 nitrogen and oxygen atoms in total. The van der Waals surface area contributed by atoms with E-state index in [2.05, 4.69) is 15.4 Å². The first-order valence-corrected chi connectivity index (χ1v) is 9.76. The van der Waals surface area contributed by atoms with E-state index in [9.17, 15) is 4.79 Å². The smallest absolute Gasteiger partial charge is 0.336 e. The molecule has 1 amide bonds. The van der Waals surface area contributed by atoms with Crippen LogP contribution in [0.3, 0.4) is 0 Å². The van der Waals surface area contributed by atoms with E-state index in [1.807, 2.05) is 43.3 Å². The Morgan fingerprint density at radius 2 is 1.87 bits per heavy atom. The number of furan rings is 1. The number of methoxy groups -OCH3 is 1. The van der Waals surface area contributed by atoms with Gasteiger partial charge in [-0.3, -0.25) is 4.79 Å². The molecule has 2 aromatic carbocycles. The maximum Gasteiger partial charge on any atom is 0.336 e. The van der Waals surface area contributed by atoms with E-state index in [-0.39, 0.29) is 17.7 Å². The second kappa shape index (κ2) is 9.27. The van der Waals surface area contributed by atoms with Crippen molar-refractivity contribution in [2.75, 3.05) is 25.6 Å². The minimum atomic E-state index is -0.312. The molecule has 0 unspecified atom stereocenters. The molecule has 4 aromatic rings. The second-order valence-electron chi connectivity index (χ2n) is 6.76. The van der Waals surface area contributed by atoms with Crippen LogP contribution in [0.2, 0.25) is 0 Å². The van der Waals surface area contributed by atoms with Crippen molar-refractivity contribution in [2.24, 2.45) is 0 Å². The number of ether oxygens (including phenoxy) is 2. The maximum atomic E-state index is 12.2. The largest absolute Gasteiger partial charge is 0.460 e. The van der Waals surface area contributed by atoms with Gasteiger partial charge in [-0.05, 0) is 48.9 Å². The van der Waals surface area contributed by atoms with E-state index in [1.165, 1.54) is 6.26 Å². The van der Waals surface area contributed by atoms with Crippen molar-refractivity contribution in [2.45, 2.75) is 6.92 Å². The summed E-state index contributed by atoms with van der Waals surface area (Å²) in [7, 11) is 1.61. The van der Waals surface area contributed by atoms with Crippen LogP contribution in [0.15, 0.2) is 71.3 Å². The van der Waals surface area contributed by atoms with Gasteiger partial charge in [-0.15, -0.1) is 5.10 Å². The Bertz CT molecular complexity index is 1150. The van der Waals surface area contributed by atoms with Gasteiger partial charge < -0.3 is 19.2 Å². The Morgan fingerprint density at radius 3 is 2.58 bits per heavy atom. The Balaban J connectivity index is 1.62. The Labute approximate surface area is 179 Å². The lowest BCUT2D eigenvalue weighted by Crippen LogP contribution is -2.11. The number of rotatable bonds is 8. The van der Waals surface area contributed by atoms with Crippen LogP contribution in [-0.2, 0) is 4.74 Å². The van der Waals surface area contributed by atoms with Crippen LogP contribution in [0.5, 0.6) is 6.01 Å². The average molecular weight is 418 g/mol. The molecule has 0 bridgehead atoms. The summed E-state index contributed by atoms with van der Waals surface area (Å²) >= 11 is 0. The van der Waals surface area contributed by atoms with Gasteiger partial charge in [-0.25, -0.2) is 4.68 Å². The summed E-state index contributed by atoms with van der Waals surface area (Å²) in [5.74, 6) is 0.603. The summed E-state index contributed by atoms with van der Waals surface area (Å²) in [4.78, 5) is 16.8. The van der Waals surface area contributed by atoms with Gasteiger partial charge in [-0.1, -0.05) is 24.3 Å². The van der Waals surface area contributed by atoms with Gasteiger partial charge in [0.25, 0.3) is 5.91 Å². The third kappa shape index (κ3) is 4.65. The summed E-state index contributed by atoms with van der Waals surface area (Å²) in [6.45, 7) is 2.82. The van der Waals surface area contributed by atoms with Gasteiger partial charge in [0.1, 0.15) is 6.61 Å². The predicted octanol–water partition coefficient (Wildman–Crippen LogP) is 4.11. The lowest BCUT2D eigenvalue weighted by Gasteiger charge is -2.09. The molecule has 4 rings (SSSR count). The summed E-state index contributed by atoms with van der Waals surface area (Å²) in [6.07, 6.45) is 1.46. The molecular formula is C23H22N4O4. The molecule has 0 saturated carbocycles. The Hall–Kier alpha value is -3.91. The molecule has 31 heavy (non-hydrogen) atoms. The molecule has 0 aliphatic carbocycles. The summed E-state index contributed by atoms with van der Waals surface area (Å²) < 4.78 is 17.5. The predicted molar refractivity (Wildman–Crippen MR) is 116 cm³/mol. The number of aryl methyl sites for hydroxylation is 1. The van der Waals surface area contributed by atoms with Crippen molar-refractivity contribution in [1.82, 2.24) is 14.8 Å². The van der Waals surface area contributed by atoms with E-state index < -0.39 is 0 Å². The van der Waals surface area contributed by atoms with Crippen molar-refractivity contribution >= 4 is 11.6 Å². The molecule has 0 radical (unpaired) electrons. The molecule has 0 spiro atoms. The first-order valence-electron chi connectivity index (χ1n) is 9.76. The normalized spacial score (nSPS) is 10.8. The van der Waals surface area contributed by atoms with Crippen molar-refractivity contribution in [1.29, 1.82) is 0 Å². The minimum Gasteiger partial charge on any atom is -0.460 e.